The molecule has 1 aromatic carbocycles. The highest BCUT2D eigenvalue weighted by molar-refractivity contribution is 5.40. The third-order valence-corrected chi connectivity index (χ3v) is 1.50. The van der Waals surface area contributed by atoms with Gasteiger partial charge in [0.25, 0.3) is 0 Å². The molecule has 0 saturated carbocycles. The van der Waals surface area contributed by atoms with Crippen molar-refractivity contribution in [1.29, 1.82) is 0 Å². The Bertz CT molecular complexity index is 216. The fourth-order valence-corrected chi connectivity index (χ4v) is 0.800. The number of aryl methyl sites for hydroxylation is 2. The predicted molar refractivity (Wildman–Crippen MR) is 38.5 cm³/mol. The smallest absolute Gasteiger partial charge is 0.131 e. The molecule has 0 spiro atoms. The van der Waals surface area contributed by atoms with E-state index in [1.165, 1.54) is 11.1 Å². The average molecular weight is 122 g/mol. The number of rotatable bonds is 0. The van der Waals surface area contributed by atoms with E-state index in [2.05, 4.69) is 37.8 Å². The highest BCUT2D eigenvalue weighted by atomic mass is 14.5. The lowest BCUT2D eigenvalue weighted by molar-refractivity contribution is -0.255. The minimum atomic E-state index is 1.13. The second-order valence-corrected chi connectivity index (χ2v) is 2.43. The van der Waals surface area contributed by atoms with Gasteiger partial charge < -0.3 is 5.73 Å². The quantitative estimate of drug-likeness (QED) is 0.535. The summed E-state index contributed by atoms with van der Waals surface area (Å²) in [5.41, 5.74) is 7.56. The van der Waals surface area contributed by atoms with Gasteiger partial charge in [-0.25, -0.2) is 0 Å². The summed E-state index contributed by atoms with van der Waals surface area (Å²) in [6.45, 7) is 4.15. The Kier molecular flexibility index (Phi) is 1.54. The van der Waals surface area contributed by atoms with E-state index in [0.717, 1.165) is 5.69 Å². The van der Waals surface area contributed by atoms with Gasteiger partial charge in [0, 0.05) is 11.6 Å². The van der Waals surface area contributed by atoms with Crippen LogP contribution in [-0.4, -0.2) is 0 Å². The molecule has 0 radical (unpaired) electrons. The lowest BCUT2D eigenvalue weighted by Gasteiger charge is -1.94. The minimum absolute atomic E-state index is 1.13. The van der Waals surface area contributed by atoms with Gasteiger partial charge in [-0.05, 0) is 19.4 Å². The SMILES string of the molecule is Cc1ccc(C)c([NH3+])c1. The molecule has 1 aromatic rings. The van der Waals surface area contributed by atoms with Crippen LogP contribution in [0.25, 0.3) is 0 Å². The molecule has 0 amide bonds. The van der Waals surface area contributed by atoms with Gasteiger partial charge in [-0.1, -0.05) is 12.1 Å². The Hall–Kier alpha value is -0.820. The van der Waals surface area contributed by atoms with Gasteiger partial charge in [0.2, 0.25) is 0 Å². The predicted octanol–water partition coefficient (Wildman–Crippen LogP) is 1.18. The van der Waals surface area contributed by atoms with Crippen LogP contribution in [0, 0.1) is 13.8 Å². The van der Waals surface area contributed by atoms with Crippen molar-refractivity contribution in [3.05, 3.63) is 29.3 Å². The Balaban J connectivity index is 3.17. The third kappa shape index (κ3) is 1.30. The van der Waals surface area contributed by atoms with Crippen molar-refractivity contribution in [2.75, 3.05) is 0 Å². The zero-order valence-electron chi connectivity index (χ0n) is 5.94. The van der Waals surface area contributed by atoms with Crippen LogP contribution in [0.15, 0.2) is 18.2 Å². The summed E-state index contributed by atoms with van der Waals surface area (Å²) in [4.78, 5) is 0. The second kappa shape index (κ2) is 2.19. The first kappa shape index (κ1) is 6.30. The molecular formula is C8H12N+. The van der Waals surface area contributed by atoms with E-state index in [1.807, 2.05) is 0 Å². The summed E-state index contributed by atoms with van der Waals surface area (Å²) in [6.07, 6.45) is 0. The van der Waals surface area contributed by atoms with Crippen LogP contribution in [0.1, 0.15) is 11.1 Å². The van der Waals surface area contributed by atoms with E-state index in [0.29, 0.717) is 0 Å². The van der Waals surface area contributed by atoms with E-state index >= 15 is 0 Å². The normalized spacial score (nSPS) is 9.67. The van der Waals surface area contributed by atoms with Crippen LogP contribution >= 0.6 is 0 Å². The molecule has 0 bridgehead atoms. The minimum Gasteiger partial charge on any atom is -0.325 e. The molecule has 1 nitrogen and oxygen atoms in total. The zero-order valence-corrected chi connectivity index (χ0v) is 5.94. The summed E-state index contributed by atoms with van der Waals surface area (Å²) in [7, 11) is 0. The molecule has 0 aromatic heterocycles. The molecule has 0 saturated heterocycles. The van der Waals surface area contributed by atoms with Crippen molar-refractivity contribution >= 4 is 5.69 Å². The van der Waals surface area contributed by atoms with Crippen molar-refractivity contribution in [2.24, 2.45) is 0 Å². The molecule has 0 aliphatic carbocycles. The van der Waals surface area contributed by atoms with E-state index in [9.17, 15) is 0 Å². The lowest BCUT2D eigenvalue weighted by atomic mass is 10.1. The highest BCUT2D eigenvalue weighted by Crippen LogP contribution is 2.09. The van der Waals surface area contributed by atoms with E-state index in [4.69, 9.17) is 0 Å². The van der Waals surface area contributed by atoms with Gasteiger partial charge in [0.05, 0.1) is 0 Å². The molecule has 3 N–H and O–H groups in total. The van der Waals surface area contributed by atoms with Crippen LogP contribution < -0.4 is 5.73 Å². The second-order valence-electron chi connectivity index (χ2n) is 2.43. The van der Waals surface area contributed by atoms with Crippen molar-refractivity contribution in [3.63, 3.8) is 0 Å². The first-order valence-electron chi connectivity index (χ1n) is 3.09. The van der Waals surface area contributed by atoms with Gasteiger partial charge >= 0.3 is 0 Å². The molecule has 1 heteroatoms. The first-order chi connectivity index (χ1) is 4.20. The number of hydrogen-bond donors (Lipinski definition) is 1. The van der Waals surface area contributed by atoms with Gasteiger partial charge in [-0.3, -0.25) is 0 Å². The van der Waals surface area contributed by atoms with E-state index < -0.39 is 0 Å². The molecule has 0 unspecified atom stereocenters. The number of quaternary nitrogens is 1. The van der Waals surface area contributed by atoms with Crippen LogP contribution in [0.5, 0.6) is 0 Å². The first-order valence-corrected chi connectivity index (χ1v) is 3.09. The fourth-order valence-electron chi connectivity index (χ4n) is 0.800. The Morgan fingerprint density at radius 2 is 1.89 bits per heavy atom. The van der Waals surface area contributed by atoms with Crippen molar-refractivity contribution < 1.29 is 5.73 Å². The molecule has 0 heterocycles. The fraction of sp³-hybridized carbons (Fsp3) is 0.250. The van der Waals surface area contributed by atoms with Crippen LogP contribution in [0.3, 0.4) is 0 Å². The van der Waals surface area contributed by atoms with Crippen molar-refractivity contribution in [2.45, 2.75) is 13.8 Å². The standard InChI is InChI=1S/C8H11N/c1-6-3-4-7(2)8(9)5-6/h3-5H,9H2,1-2H3/p+1. The molecule has 9 heavy (non-hydrogen) atoms. The number of hydrogen-bond acceptors (Lipinski definition) is 0. The third-order valence-electron chi connectivity index (χ3n) is 1.50. The van der Waals surface area contributed by atoms with Gasteiger partial charge in [0.15, 0.2) is 0 Å². The maximum Gasteiger partial charge on any atom is 0.131 e. The van der Waals surface area contributed by atoms with Crippen molar-refractivity contribution in [1.82, 2.24) is 0 Å². The van der Waals surface area contributed by atoms with Crippen LogP contribution in [0.2, 0.25) is 0 Å². The van der Waals surface area contributed by atoms with Crippen LogP contribution in [0.4, 0.5) is 5.69 Å². The van der Waals surface area contributed by atoms with Crippen LogP contribution in [-0.2, 0) is 0 Å². The molecule has 0 aliphatic rings. The van der Waals surface area contributed by atoms with Gasteiger partial charge in [-0.2, -0.15) is 0 Å². The summed E-state index contributed by atoms with van der Waals surface area (Å²) in [5.74, 6) is 0. The molecule has 0 aliphatic heterocycles. The largest absolute Gasteiger partial charge is 0.325 e. The highest BCUT2D eigenvalue weighted by Gasteiger charge is 1.93. The monoisotopic (exact) mass is 122 g/mol. The maximum absolute atomic E-state index is 3.88. The molecule has 1 rings (SSSR count). The van der Waals surface area contributed by atoms with Crippen molar-refractivity contribution in [3.8, 4) is 0 Å². The average Bonchev–Trinajstić information content (AvgIpc) is 1.80. The summed E-state index contributed by atoms with van der Waals surface area (Å²) in [5, 5.41) is 0. The van der Waals surface area contributed by atoms with E-state index in [-0.39, 0.29) is 0 Å². The molecule has 0 atom stereocenters. The summed E-state index contributed by atoms with van der Waals surface area (Å²) < 4.78 is 0. The maximum atomic E-state index is 3.88. The topological polar surface area (TPSA) is 27.6 Å². The Morgan fingerprint density at radius 3 is 2.33 bits per heavy atom. The van der Waals surface area contributed by atoms with Gasteiger partial charge in [-0.15, -0.1) is 0 Å². The lowest BCUT2D eigenvalue weighted by Crippen LogP contribution is -2.41. The molecule has 48 valence electrons. The Labute approximate surface area is 55.5 Å². The zero-order chi connectivity index (χ0) is 6.85. The number of benzene rings is 1. The molecular weight excluding hydrogens is 110 g/mol. The van der Waals surface area contributed by atoms with Gasteiger partial charge in [0.1, 0.15) is 5.69 Å². The summed E-state index contributed by atoms with van der Waals surface area (Å²) >= 11 is 0. The molecule has 0 fully saturated rings. The summed E-state index contributed by atoms with van der Waals surface area (Å²) in [6, 6.07) is 6.29. The van der Waals surface area contributed by atoms with E-state index in [1.54, 1.807) is 0 Å². The Morgan fingerprint density at radius 1 is 1.22 bits per heavy atom.